The molecule has 1 unspecified atom stereocenters. The van der Waals surface area contributed by atoms with Crippen molar-refractivity contribution in [1.29, 1.82) is 0 Å². The van der Waals surface area contributed by atoms with E-state index in [-0.39, 0.29) is 19.3 Å². The summed E-state index contributed by atoms with van der Waals surface area (Å²) in [4.78, 5) is 0. The van der Waals surface area contributed by atoms with E-state index in [1.165, 1.54) is 29.5 Å². The minimum absolute atomic E-state index is 0.203. The fraction of sp³-hybridized carbons (Fsp3) is 1.00. The molecular weight excluding hydrogens is 614 g/mol. The quantitative estimate of drug-likeness (QED) is 0.0681. The molecule has 0 aliphatic rings. The van der Waals surface area contributed by atoms with E-state index in [1.54, 1.807) is 0 Å². The third-order valence-corrected chi connectivity index (χ3v) is 7.33. The Morgan fingerprint density at radius 3 is 1.26 bits per heavy atom. The second-order valence-electron chi connectivity index (χ2n) is 8.41. The Bertz CT molecular complexity index is 616. The second-order valence-corrected chi connectivity index (χ2v) is 10.7. The van der Waals surface area contributed by atoms with E-state index >= 15 is 0 Å². The van der Waals surface area contributed by atoms with Crippen LogP contribution in [0.25, 0.3) is 0 Å². The van der Waals surface area contributed by atoms with Crippen molar-refractivity contribution in [3.8, 4) is 0 Å². The van der Waals surface area contributed by atoms with Crippen LogP contribution >= 0.6 is 22.6 Å². The lowest BCUT2D eigenvalue weighted by atomic mass is 9.86. The van der Waals surface area contributed by atoms with E-state index < -0.39 is 45.6 Å². The first kappa shape index (κ1) is 33.8. The fourth-order valence-electron chi connectivity index (χ4n) is 3.28. The van der Waals surface area contributed by atoms with Gasteiger partial charge in [-0.3, -0.25) is 0 Å². The largest absolute Gasteiger partial charge is 0.460 e. The normalized spacial score (nSPS) is 16.6. The van der Waals surface area contributed by atoms with Gasteiger partial charge in [0.1, 0.15) is 0 Å². The summed E-state index contributed by atoms with van der Waals surface area (Å²) < 4.78 is 171. The van der Waals surface area contributed by atoms with E-state index in [4.69, 9.17) is 0 Å². The second kappa shape index (κ2) is 11.9. The van der Waals surface area contributed by atoms with Crippen LogP contribution in [0.5, 0.6) is 0 Å². The summed E-state index contributed by atoms with van der Waals surface area (Å²) in [5, 5.41) is 0. The number of rotatable bonds is 16. The standard InChI is InChI=1S/C20H28F13I/c1-3-5-6-7-8-9-10-11-12-14(34,4-2)13-15(21,22)16(23,24)17(25,26)18(27,28)19(29,30)20(31,32)33/h3-13H2,1-2H3. The van der Waals surface area contributed by atoms with Gasteiger partial charge < -0.3 is 0 Å². The summed E-state index contributed by atoms with van der Waals surface area (Å²) in [6.45, 7) is 3.26. The molecular formula is C20H28F13I. The highest BCUT2D eigenvalue weighted by atomic mass is 127. The Kier molecular flexibility index (Phi) is 11.8. The highest BCUT2D eigenvalue weighted by Gasteiger charge is 2.90. The molecule has 0 amide bonds. The van der Waals surface area contributed by atoms with E-state index in [0.717, 1.165) is 32.1 Å². The summed E-state index contributed by atoms with van der Waals surface area (Å²) in [5.41, 5.74) is 0. The minimum Gasteiger partial charge on any atom is -0.200 e. The van der Waals surface area contributed by atoms with Crippen LogP contribution in [0.2, 0.25) is 0 Å². The first-order chi connectivity index (χ1) is 15.1. The first-order valence-corrected chi connectivity index (χ1v) is 11.8. The summed E-state index contributed by atoms with van der Waals surface area (Å²) in [7, 11) is 0. The van der Waals surface area contributed by atoms with Crippen molar-refractivity contribution in [2.24, 2.45) is 0 Å². The van der Waals surface area contributed by atoms with Gasteiger partial charge in [-0.1, -0.05) is 87.8 Å². The fourth-order valence-corrected chi connectivity index (χ4v) is 4.14. The molecule has 0 fully saturated rings. The lowest BCUT2D eigenvalue weighted by Crippen LogP contribution is -2.70. The summed E-state index contributed by atoms with van der Waals surface area (Å²) in [5.74, 6) is -36.5. The highest BCUT2D eigenvalue weighted by molar-refractivity contribution is 14.1. The van der Waals surface area contributed by atoms with Gasteiger partial charge in [-0.05, 0) is 12.8 Å². The van der Waals surface area contributed by atoms with Crippen LogP contribution in [0, 0.1) is 0 Å². The average Bonchev–Trinajstić information content (AvgIpc) is 2.68. The molecule has 0 radical (unpaired) electrons. The van der Waals surface area contributed by atoms with Crippen molar-refractivity contribution >= 4 is 22.6 Å². The molecule has 34 heavy (non-hydrogen) atoms. The molecule has 0 aliphatic carbocycles. The zero-order valence-electron chi connectivity index (χ0n) is 18.6. The van der Waals surface area contributed by atoms with Crippen LogP contribution in [-0.2, 0) is 0 Å². The number of halogens is 14. The molecule has 1 atom stereocenters. The van der Waals surface area contributed by atoms with Crippen LogP contribution in [-0.4, -0.2) is 39.2 Å². The Morgan fingerprint density at radius 1 is 0.500 bits per heavy atom. The van der Waals surface area contributed by atoms with E-state index in [1.807, 2.05) is 6.92 Å². The van der Waals surface area contributed by atoms with Gasteiger partial charge in [-0.2, -0.15) is 57.1 Å². The van der Waals surface area contributed by atoms with Gasteiger partial charge >= 0.3 is 35.8 Å². The predicted molar refractivity (Wildman–Crippen MR) is 110 cm³/mol. The Labute approximate surface area is 203 Å². The lowest BCUT2D eigenvalue weighted by Gasteiger charge is -2.41. The monoisotopic (exact) mass is 642 g/mol. The lowest BCUT2D eigenvalue weighted by molar-refractivity contribution is -0.440. The molecule has 0 saturated carbocycles. The number of alkyl halides is 14. The molecule has 0 rings (SSSR count). The third-order valence-electron chi connectivity index (χ3n) is 5.65. The van der Waals surface area contributed by atoms with E-state index in [2.05, 4.69) is 0 Å². The Morgan fingerprint density at radius 2 is 0.882 bits per heavy atom. The maximum atomic E-state index is 14.2. The molecule has 0 aromatic rings. The van der Waals surface area contributed by atoms with Gasteiger partial charge in [0.25, 0.3) is 0 Å². The van der Waals surface area contributed by atoms with Gasteiger partial charge in [0.15, 0.2) is 0 Å². The van der Waals surface area contributed by atoms with Crippen molar-refractivity contribution in [2.45, 2.75) is 124 Å². The molecule has 0 saturated heterocycles. The summed E-state index contributed by atoms with van der Waals surface area (Å²) in [6, 6.07) is 0. The third kappa shape index (κ3) is 7.19. The van der Waals surface area contributed by atoms with Crippen LogP contribution < -0.4 is 0 Å². The van der Waals surface area contributed by atoms with Crippen molar-refractivity contribution in [1.82, 2.24) is 0 Å². The maximum Gasteiger partial charge on any atom is 0.460 e. The van der Waals surface area contributed by atoms with Crippen LogP contribution in [0.15, 0.2) is 0 Å². The number of unbranched alkanes of at least 4 members (excludes halogenated alkanes) is 7. The van der Waals surface area contributed by atoms with Crippen molar-refractivity contribution in [3.63, 3.8) is 0 Å². The topological polar surface area (TPSA) is 0 Å². The number of hydrogen-bond donors (Lipinski definition) is 0. The molecule has 0 spiro atoms. The van der Waals surface area contributed by atoms with Crippen LogP contribution in [0.4, 0.5) is 57.1 Å². The molecule has 0 aliphatic heterocycles. The van der Waals surface area contributed by atoms with Crippen molar-refractivity contribution in [2.75, 3.05) is 0 Å². The summed E-state index contributed by atoms with van der Waals surface area (Å²) >= 11 is 1.29. The Balaban J connectivity index is 5.52. The number of hydrogen-bond acceptors (Lipinski definition) is 0. The SMILES string of the molecule is CCCCCCCCCCC(I)(CC)CC(F)(F)C(F)(F)C(F)(F)C(F)(F)C(F)(F)C(F)(F)F. The first-order valence-electron chi connectivity index (χ1n) is 10.7. The summed E-state index contributed by atoms with van der Waals surface area (Å²) in [6.07, 6.45) is -3.82. The van der Waals surface area contributed by atoms with Crippen molar-refractivity contribution < 1.29 is 57.1 Å². The maximum absolute atomic E-state index is 14.2. The minimum atomic E-state index is -7.84. The van der Waals surface area contributed by atoms with E-state index in [9.17, 15) is 57.1 Å². The Hall–Kier alpha value is -0.180. The molecule has 206 valence electrons. The highest BCUT2D eigenvalue weighted by Crippen LogP contribution is 2.61. The smallest absolute Gasteiger partial charge is 0.200 e. The molecule has 14 heteroatoms. The van der Waals surface area contributed by atoms with Gasteiger partial charge in [0.2, 0.25) is 0 Å². The predicted octanol–water partition coefficient (Wildman–Crippen LogP) is 10.2. The molecule has 0 bridgehead atoms. The van der Waals surface area contributed by atoms with Crippen LogP contribution in [0.3, 0.4) is 0 Å². The molecule has 0 aromatic heterocycles. The van der Waals surface area contributed by atoms with Gasteiger partial charge in [-0.25, -0.2) is 0 Å². The van der Waals surface area contributed by atoms with E-state index in [0.29, 0.717) is 12.8 Å². The van der Waals surface area contributed by atoms with Crippen LogP contribution in [0.1, 0.15) is 84.5 Å². The molecule has 0 nitrogen and oxygen atoms in total. The molecule has 0 aromatic carbocycles. The molecule has 0 N–H and O–H groups in total. The average molecular weight is 642 g/mol. The zero-order chi connectivity index (χ0) is 27.3. The molecule has 0 heterocycles. The van der Waals surface area contributed by atoms with Gasteiger partial charge in [0.05, 0.1) is 0 Å². The van der Waals surface area contributed by atoms with Gasteiger partial charge in [-0.15, -0.1) is 0 Å². The zero-order valence-corrected chi connectivity index (χ0v) is 20.7. The van der Waals surface area contributed by atoms with Gasteiger partial charge in [0, 0.05) is 9.84 Å². The van der Waals surface area contributed by atoms with Crippen molar-refractivity contribution in [3.05, 3.63) is 0 Å².